The molecule has 164 valence electrons. The van der Waals surface area contributed by atoms with Gasteiger partial charge >= 0.3 is 0 Å². The summed E-state index contributed by atoms with van der Waals surface area (Å²) in [5.41, 5.74) is 2.86. The Kier molecular flexibility index (Phi) is 5.70. The predicted octanol–water partition coefficient (Wildman–Crippen LogP) is 4.74. The van der Waals surface area contributed by atoms with E-state index in [4.69, 9.17) is 4.98 Å². The number of fused-ring (bicyclic) bond motifs is 4. The SMILES string of the molecule is CCCCCSc1nc2ccccc2n1Cc1nnc2n(CC)c(=O)c3ccccc3n12. The van der Waals surface area contributed by atoms with Gasteiger partial charge in [0.05, 0.1) is 28.5 Å². The molecule has 0 saturated carbocycles. The molecule has 3 aromatic heterocycles. The van der Waals surface area contributed by atoms with Gasteiger partial charge in [-0.15, -0.1) is 10.2 Å². The first-order valence-corrected chi connectivity index (χ1v) is 12.1. The van der Waals surface area contributed by atoms with Crippen molar-refractivity contribution in [3.05, 3.63) is 64.7 Å². The number of aromatic nitrogens is 6. The summed E-state index contributed by atoms with van der Waals surface area (Å²) >= 11 is 1.79. The van der Waals surface area contributed by atoms with Crippen molar-refractivity contribution in [2.45, 2.75) is 51.4 Å². The fourth-order valence-electron chi connectivity index (χ4n) is 4.18. The van der Waals surface area contributed by atoms with Crippen LogP contribution in [-0.2, 0) is 13.1 Å². The van der Waals surface area contributed by atoms with Crippen LogP contribution in [0.2, 0.25) is 0 Å². The first-order chi connectivity index (χ1) is 15.7. The van der Waals surface area contributed by atoms with Crippen LogP contribution in [0.15, 0.2) is 58.5 Å². The molecule has 8 heteroatoms. The normalized spacial score (nSPS) is 11.8. The van der Waals surface area contributed by atoms with E-state index in [1.807, 2.05) is 53.8 Å². The Labute approximate surface area is 190 Å². The molecule has 5 aromatic rings. The number of thioether (sulfide) groups is 1. The molecular weight excluding hydrogens is 420 g/mol. The summed E-state index contributed by atoms with van der Waals surface area (Å²) < 4.78 is 5.92. The lowest BCUT2D eigenvalue weighted by molar-refractivity contribution is 0.685. The topological polar surface area (TPSA) is 70.0 Å². The maximum Gasteiger partial charge on any atom is 0.262 e. The Bertz CT molecular complexity index is 1460. The van der Waals surface area contributed by atoms with E-state index >= 15 is 0 Å². The lowest BCUT2D eigenvalue weighted by Gasteiger charge is -2.11. The lowest BCUT2D eigenvalue weighted by atomic mass is 10.2. The van der Waals surface area contributed by atoms with Crippen LogP contribution in [0, 0.1) is 0 Å². The van der Waals surface area contributed by atoms with Crippen LogP contribution in [-0.4, -0.2) is 34.5 Å². The minimum Gasteiger partial charge on any atom is -0.311 e. The van der Waals surface area contributed by atoms with Gasteiger partial charge in [0.15, 0.2) is 11.0 Å². The van der Waals surface area contributed by atoms with Crippen molar-refractivity contribution in [1.29, 1.82) is 0 Å². The highest BCUT2D eigenvalue weighted by atomic mass is 32.2. The summed E-state index contributed by atoms with van der Waals surface area (Å²) in [6, 6.07) is 15.9. The van der Waals surface area contributed by atoms with E-state index in [1.54, 1.807) is 16.3 Å². The molecule has 7 nitrogen and oxygen atoms in total. The Morgan fingerprint density at radius 1 is 0.906 bits per heavy atom. The van der Waals surface area contributed by atoms with Crippen molar-refractivity contribution < 1.29 is 0 Å². The van der Waals surface area contributed by atoms with Crippen molar-refractivity contribution in [3.8, 4) is 0 Å². The monoisotopic (exact) mass is 446 g/mol. The van der Waals surface area contributed by atoms with Gasteiger partial charge in [-0.1, -0.05) is 55.8 Å². The molecule has 0 saturated heterocycles. The van der Waals surface area contributed by atoms with Crippen molar-refractivity contribution >= 4 is 39.5 Å². The molecule has 0 aliphatic heterocycles. The maximum atomic E-state index is 13.0. The van der Waals surface area contributed by atoms with Crippen LogP contribution in [0.3, 0.4) is 0 Å². The largest absolute Gasteiger partial charge is 0.311 e. The second kappa shape index (κ2) is 8.78. The predicted molar refractivity (Wildman–Crippen MR) is 130 cm³/mol. The Balaban J connectivity index is 1.65. The van der Waals surface area contributed by atoms with Crippen LogP contribution < -0.4 is 5.56 Å². The molecule has 0 fully saturated rings. The highest BCUT2D eigenvalue weighted by Gasteiger charge is 2.18. The van der Waals surface area contributed by atoms with Gasteiger partial charge in [-0.3, -0.25) is 13.8 Å². The van der Waals surface area contributed by atoms with Crippen LogP contribution in [0.4, 0.5) is 0 Å². The Morgan fingerprint density at radius 2 is 1.69 bits per heavy atom. The molecule has 32 heavy (non-hydrogen) atoms. The minimum atomic E-state index is -0.0326. The number of benzene rings is 2. The summed E-state index contributed by atoms with van der Waals surface area (Å²) in [6.07, 6.45) is 3.60. The highest BCUT2D eigenvalue weighted by Crippen LogP contribution is 2.26. The van der Waals surface area contributed by atoms with Gasteiger partial charge in [-0.05, 0) is 37.6 Å². The zero-order valence-electron chi connectivity index (χ0n) is 18.4. The third kappa shape index (κ3) is 3.48. The van der Waals surface area contributed by atoms with Gasteiger partial charge in [0.1, 0.15) is 0 Å². The summed E-state index contributed by atoms with van der Waals surface area (Å²) in [5.74, 6) is 2.40. The molecule has 2 aromatic carbocycles. The molecule has 5 rings (SSSR count). The fourth-order valence-corrected chi connectivity index (χ4v) is 5.19. The summed E-state index contributed by atoms with van der Waals surface area (Å²) in [7, 11) is 0. The third-order valence-electron chi connectivity index (χ3n) is 5.79. The number of hydrogen-bond acceptors (Lipinski definition) is 5. The van der Waals surface area contributed by atoms with Crippen LogP contribution >= 0.6 is 11.8 Å². The van der Waals surface area contributed by atoms with E-state index in [-0.39, 0.29) is 5.56 Å². The number of nitrogens with zero attached hydrogens (tertiary/aromatic N) is 6. The van der Waals surface area contributed by atoms with Crippen molar-refractivity contribution in [2.24, 2.45) is 0 Å². The second-order valence-electron chi connectivity index (χ2n) is 7.84. The van der Waals surface area contributed by atoms with Gasteiger partial charge in [0.25, 0.3) is 5.56 Å². The number of imidazole rings is 1. The maximum absolute atomic E-state index is 13.0. The van der Waals surface area contributed by atoms with E-state index in [9.17, 15) is 4.79 Å². The molecule has 0 N–H and O–H groups in total. The van der Waals surface area contributed by atoms with Gasteiger partial charge in [-0.25, -0.2) is 4.98 Å². The third-order valence-corrected chi connectivity index (χ3v) is 6.85. The quantitative estimate of drug-likeness (QED) is 0.254. The Hall–Kier alpha value is -3.13. The summed E-state index contributed by atoms with van der Waals surface area (Å²) in [5, 5.41) is 10.6. The van der Waals surface area contributed by atoms with Crippen LogP contribution in [0.5, 0.6) is 0 Å². The van der Waals surface area contributed by atoms with E-state index in [1.165, 1.54) is 19.3 Å². The fraction of sp³-hybridized carbons (Fsp3) is 0.333. The molecule has 0 amide bonds. The van der Waals surface area contributed by atoms with Crippen molar-refractivity contribution in [1.82, 2.24) is 28.7 Å². The Morgan fingerprint density at radius 3 is 2.50 bits per heavy atom. The van der Waals surface area contributed by atoms with Crippen molar-refractivity contribution in [2.75, 3.05) is 5.75 Å². The lowest BCUT2D eigenvalue weighted by Crippen LogP contribution is -2.23. The standard InChI is InChI=1S/C24H26N6OS/c1-3-5-10-15-32-24-25-18-12-7-9-14-20(18)29(24)16-21-26-27-23-28(4-2)22(31)17-11-6-8-13-19(17)30(21)23/h6-9,11-14H,3-5,10,15-16H2,1-2H3. The number of rotatable bonds is 8. The molecule has 0 atom stereocenters. The molecular formula is C24H26N6OS. The highest BCUT2D eigenvalue weighted by molar-refractivity contribution is 7.99. The van der Waals surface area contributed by atoms with E-state index in [2.05, 4.69) is 27.8 Å². The molecule has 0 radical (unpaired) electrons. The number of aryl methyl sites for hydroxylation is 1. The van der Waals surface area contributed by atoms with E-state index < -0.39 is 0 Å². The molecule has 3 heterocycles. The van der Waals surface area contributed by atoms with Gasteiger partial charge in [0.2, 0.25) is 5.78 Å². The van der Waals surface area contributed by atoms with E-state index in [0.29, 0.717) is 24.3 Å². The van der Waals surface area contributed by atoms with Crippen LogP contribution in [0.25, 0.3) is 27.7 Å². The number of unbranched alkanes of at least 4 members (excludes halogenated alkanes) is 2. The average molecular weight is 447 g/mol. The van der Waals surface area contributed by atoms with Gasteiger partial charge in [0, 0.05) is 12.3 Å². The first-order valence-electron chi connectivity index (χ1n) is 11.2. The molecule has 0 unspecified atom stereocenters. The summed E-state index contributed by atoms with van der Waals surface area (Å²) in [4.78, 5) is 17.9. The summed E-state index contributed by atoms with van der Waals surface area (Å²) in [6.45, 7) is 5.25. The first kappa shape index (κ1) is 20.8. The molecule has 0 bridgehead atoms. The molecule has 0 aliphatic carbocycles. The molecule has 0 spiro atoms. The average Bonchev–Trinajstić information content (AvgIpc) is 3.39. The van der Waals surface area contributed by atoms with E-state index in [0.717, 1.165) is 33.3 Å². The van der Waals surface area contributed by atoms with Crippen molar-refractivity contribution in [3.63, 3.8) is 0 Å². The zero-order chi connectivity index (χ0) is 22.1. The molecule has 0 aliphatic rings. The van der Waals surface area contributed by atoms with Gasteiger partial charge < -0.3 is 4.57 Å². The van der Waals surface area contributed by atoms with Crippen LogP contribution in [0.1, 0.15) is 38.9 Å². The minimum absolute atomic E-state index is 0.0326. The number of hydrogen-bond donors (Lipinski definition) is 0. The zero-order valence-corrected chi connectivity index (χ0v) is 19.2. The smallest absolute Gasteiger partial charge is 0.262 e. The number of para-hydroxylation sites is 3. The van der Waals surface area contributed by atoms with Gasteiger partial charge in [-0.2, -0.15) is 0 Å². The second-order valence-corrected chi connectivity index (χ2v) is 8.91.